The summed E-state index contributed by atoms with van der Waals surface area (Å²) in [5.74, 6) is -1.38. The first kappa shape index (κ1) is 11.3. The fourth-order valence-electron chi connectivity index (χ4n) is 1.40. The standard InChI is InChI=1S/C7H10F3NO3/c8-7(9,10)6(14)1-2-11-4(3-6)5(12)13/h4,11,14H,1-3H2,(H,12,13). The molecule has 4 nitrogen and oxygen atoms in total. The molecule has 3 N–H and O–H groups in total. The second kappa shape index (κ2) is 3.39. The molecule has 1 rings (SSSR count). The highest BCUT2D eigenvalue weighted by atomic mass is 19.4. The van der Waals surface area contributed by atoms with Crippen LogP contribution in [0.4, 0.5) is 13.2 Å². The molecule has 0 aromatic rings. The van der Waals surface area contributed by atoms with Crippen molar-refractivity contribution in [1.82, 2.24) is 5.32 Å². The normalized spacial score (nSPS) is 34.1. The van der Waals surface area contributed by atoms with Gasteiger partial charge in [-0.2, -0.15) is 13.2 Å². The molecule has 1 fully saturated rings. The number of alkyl halides is 3. The van der Waals surface area contributed by atoms with Crippen LogP contribution in [-0.4, -0.2) is 40.5 Å². The Bertz CT molecular complexity index is 243. The maximum absolute atomic E-state index is 12.3. The summed E-state index contributed by atoms with van der Waals surface area (Å²) >= 11 is 0. The summed E-state index contributed by atoms with van der Waals surface area (Å²) in [6, 6.07) is -1.34. The Kier molecular flexibility index (Phi) is 2.73. The fraction of sp³-hybridized carbons (Fsp3) is 0.857. The number of hydrogen-bond donors (Lipinski definition) is 3. The molecule has 0 spiro atoms. The molecule has 0 aliphatic carbocycles. The summed E-state index contributed by atoms with van der Waals surface area (Å²) in [6.07, 6.45) is -6.13. The van der Waals surface area contributed by atoms with Crippen LogP contribution in [0.3, 0.4) is 0 Å². The first-order valence-electron chi connectivity index (χ1n) is 4.01. The van der Waals surface area contributed by atoms with Gasteiger partial charge in [0.2, 0.25) is 0 Å². The Morgan fingerprint density at radius 3 is 2.50 bits per heavy atom. The summed E-state index contributed by atoms with van der Waals surface area (Å²) < 4.78 is 36.9. The van der Waals surface area contributed by atoms with E-state index in [1.165, 1.54) is 0 Å². The number of carboxylic acid groups (broad SMARTS) is 1. The predicted molar refractivity (Wildman–Crippen MR) is 39.7 cm³/mol. The maximum atomic E-state index is 12.3. The Balaban J connectivity index is 2.77. The van der Waals surface area contributed by atoms with Crippen LogP contribution in [0, 0.1) is 0 Å². The lowest BCUT2D eigenvalue weighted by Crippen LogP contribution is -2.57. The Morgan fingerprint density at radius 1 is 1.50 bits per heavy atom. The third kappa shape index (κ3) is 1.98. The molecule has 0 bridgehead atoms. The minimum atomic E-state index is -4.77. The molecular weight excluding hydrogens is 203 g/mol. The van der Waals surface area contributed by atoms with Crippen LogP contribution in [0.5, 0.6) is 0 Å². The fourth-order valence-corrected chi connectivity index (χ4v) is 1.40. The van der Waals surface area contributed by atoms with Gasteiger partial charge in [0.1, 0.15) is 6.04 Å². The van der Waals surface area contributed by atoms with Gasteiger partial charge in [-0.25, -0.2) is 0 Å². The van der Waals surface area contributed by atoms with Gasteiger partial charge < -0.3 is 15.5 Å². The van der Waals surface area contributed by atoms with Gasteiger partial charge in [-0.05, 0) is 13.0 Å². The topological polar surface area (TPSA) is 69.6 Å². The van der Waals surface area contributed by atoms with E-state index in [1.807, 2.05) is 0 Å². The molecule has 0 aromatic carbocycles. The lowest BCUT2D eigenvalue weighted by Gasteiger charge is -2.37. The number of hydrogen-bond acceptors (Lipinski definition) is 3. The second-order valence-corrected chi connectivity index (χ2v) is 3.33. The van der Waals surface area contributed by atoms with Crippen LogP contribution in [0.25, 0.3) is 0 Å². The van der Waals surface area contributed by atoms with Crippen molar-refractivity contribution in [2.45, 2.75) is 30.7 Å². The average Bonchev–Trinajstić information content (AvgIpc) is 2.02. The van der Waals surface area contributed by atoms with Gasteiger partial charge in [0.05, 0.1) is 0 Å². The Labute approximate surface area is 77.7 Å². The SMILES string of the molecule is O=C(O)C1CC(O)(C(F)(F)F)CCN1. The molecule has 1 aliphatic rings. The molecule has 0 radical (unpaired) electrons. The third-order valence-electron chi connectivity index (χ3n) is 2.30. The molecule has 14 heavy (non-hydrogen) atoms. The van der Waals surface area contributed by atoms with Crippen LogP contribution >= 0.6 is 0 Å². The first-order valence-corrected chi connectivity index (χ1v) is 4.01. The van der Waals surface area contributed by atoms with E-state index in [-0.39, 0.29) is 6.54 Å². The lowest BCUT2D eigenvalue weighted by molar-refractivity contribution is -0.270. The molecule has 0 amide bonds. The summed E-state index contributed by atoms with van der Waals surface area (Å²) in [4.78, 5) is 10.4. The number of aliphatic hydroxyl groups is 1. The van der Waals surface area contributed by atoms with Crippen LogP contribution in [0.2, 0.25) is 0 Å². The monoisotopic (exact) mass is 213 g/mol. The van der Waals surface area contributed by atoms with Crippen LogP contribution < -0.4 is 5.32 Å². The van der Waals surface area contributed by atoms with Crippen molar-refractivity contribution in [2.24, 2.45) is 0 Å². The first-order chi connectivity index (χ1) is 6.26. The van der Waals surface area contributed by atoms with Crippen molar-refractivity contribution in [3.05, 3.63) is 0 Å². The summed E-state index contributed by atoms with van der Waals surface area (Å²) in [5.41, 5.74) is -2.87. The minimum Gasteiger partial charge on any atom is -0.480 e. The zero-order valence-electron chi connectivity index (χ0n) is 7.14. The van der Waals surface area contributed by atoms with E-state index in [0.29, 0.717) is 0 Å². The van der Waals surface area contributed by atoms with Gasteiger partial charge in [-0.1, -0.05) is 0 Å². The molecule has 1 aliphatic heterocycles. The quantitative estimate of drug-likeness (QED) is 0.578. The van der Waals surface area contributed by atoms with Crippen molar-refractivity contribution in [3.8, 4) is 0 Å². The van der Waals surface area contributed by atoms with E-state index in [9.17, 15) is 23.1 Å². The number of carboxylic acids is 1. The van der Waals surface area contributed by atoms with E-state index in [0.717, 1.165) is 0 Å². The zero-order chi connectivity index (χ0) is 11.0. The highest BCUT2D eigenvalue weighted by Gasteiger charge is 2.56. The van der Waals surface area contributed by atoms with Crippen LogP contribution in [0.1, 0.15) is 12.8 Å². The average molecular weight is 213 g/mol. The van der Waals surface area contributed by atoms with E-state index in [2.05, 4.69) is 5.32 Å². The molecular formula is C7H10F3NO3. The number of nitrogens with one attached hydrogen (secondary N) is 1. The lowest BCUT2D eigenvalue weighted by atomic mass is 9.87. The second-order valence-electron chi connectivity index (χ2n) is 3.33. The van der Waals surface area contributed by atoms with Crippen LogP contribution in [-0.2, 0) is 4.79 Å². The van der Waals surface area contributed by atoms with Crippen molar-refractivity contribution < 1.29 is 28.2 Å². The molecule has 0 aromatic heterocycles. The van der Waals surface area contributed by atoms with E-state index in [4.69, 9.17) is 5.11 Å². The number of halogens is 3. The highest BCUT2D eigenvalue weighted by molar-refractivity contribution is 5.73. The molecule has 2 atom stereocenters. The largest absolute Gasteiger partial charge is 0.480 e. The number of carbonyl (C=O) groups is 1. The van der Waals surface area contributed by atoms with Gasteiger partial charge in [0, 0.05) is 6.42 Å². The minimum absolute atomic E-state index is 0.160. The third-order valence-corrected chi connectivity index (χ3v) is 2.30. The van der Waals surface area contributed by atoms with Crippen molar-refractivity contribution >= 4 is 5.97 Å². The summed E-state index contributed by atoms with van der Waals surface area (Å²) in [7, 11) is 0. The number of piperidine rings is 1. The number of rotatable bonds is 1. The van der Waals surface area contributed by atoms with Gasteiger partial charge >= 0.3 is 12.1 Å². The molecule has 7 heteroatoms. The van der Waals surface area contributed by atoms with Gasteiger partial charge in [-0.15, -0.1) is 0 Å². The van der Waals surface area contributed by atoms with Crippen molar-refractivity contribution in [2.75, 3.05) is 6.54 Å². The molecule has 2 unspecified atom stereocenters. The highest BCUT2D eigenvalue weighted by Crippen LogP contribution is 2.38. The maximum Gasteiger partial charge on any atom is 0.417 e. The van der Waals surface area contributed by atoms with E-state index in [1.54, 1.807) is 0 Å². The molecule has 1 heterocycles. The zero-order valence-corrected chi connectivity index (χ0v) is 7.14. The predicted octanol–water partition coefficient (Wildman–Crippen LogP) is 0.116. The van der Waals surface area contributed by atoms with Gasteiger partial charge in [0.25, 0.3) is 0 Å². The Hall–Kier alpha value is -0.820. The summed E-state index contributed by atoms with van der Waals surface area (Å²) in [5, 5.41) is 20.1. The van der Waals surface area contributed by atoms with Gasteiger partial charge in [-0.3, -0.25) is 4.79 Å². The summed E-state index contributed by atoms with van der Waals surface area (Å²) in [6.45, 7) is -0.160. The van der Waals surface area contributed by atoms with Crippen molar-refractivity contribution in [1.29, 1.82) is 0 Å². The van der Waals surface area contributed by atoms with Crippen LogP contribution in [0.15, 0.2) is 0 Å². The van der Waals surface area contributed by atoms with Gasteiger partial charge in [0.15, 0.2) is 5.60 Å². The van der Waals surface area contributed by atoms with Crippen molar-refractivity contribution in [3.63, 3.8) is 0 Å². The molecule has 0 saturated carbocycles. The Morgan fingerprint density at radius 2 is 2.07 bits per heavy atom. The molecule has 1 saturated heterocycles. The smallest absolute Gasteiger partial charge is 0.417 e. The van der Waals surface area contributed by atoms with E-state index >= 15 is 0 Å². The van der Waals surface area contributed by atoms with E-state index < -0.39 is 36.6 Å². The molecule has 82 valence electrons. The number of aliphatic carboxylic acids is 1.